The van der Waals surface area contributed by atoms with Crippen molar-refractivity contribution in [3.8, 4) is 0 Å². The fourth-order valence-electron chi connectivity index (χ4n) is 2.54. The zero-order valence-electron chi connectivity index (χ0n) is 12.3. The molecule has 1 aromatic carbocycles. The third-order valence-electron chi connectivity index (χ3n) is 4.11. The van der Waals surface area contributed by atoms with E-state index < -0.39 is 0 Å². The van der Waals surface area contributed by atoms with E-state index in [0.717, 1.165) is 6.54 Å². The second-order valence-corrected chi connectivity index (χ2v) is 6.90. The molecule has 18 heavy (non-hydrogen) atoms. The number of nitrogens with one attached hydrogen (secondary N) is 1. The molecule has 1 fully saturated rings. The van der Waals surface area contributed by atoms with Crippen molar-refractivity contribution in [3.05, 3.63) is 35.4 Å². The lowest BCUT2D eigenvalue weighted by atomic mass is 9.86. The molecule has 2 rings (SSSR count). The zero-order chi connectivity index (χ0) is 13.2. The quantitative estimate of drug-likeness (QED) is 0.829. The summed E-state index contributed by atoms with van der Waals surface area (Å²) in [6.07, 6.45) is 4.02. The van der Waals surface area contributed by atoms with E-state index in [1.54, 1.807) is 0 Å². The van der Waals surface area contributed by atoms with Gasteiger partial charge in [-0.1, -0.05) is 52.0 Å². The van der Waals surface area contributed by atoms with Crippen molar-refractivity contribution >= 4 is 0 Å². The van der Waals surface area contributed by atoms with Crippen LogP contribution in [0.15, 0.2) is 24.3 Å². The van der Waals surface area contributed by atoms with Gasteiger partial charge in [-0.3, -0.25) is 0 Å². The highest BCUT2D eigenvalue weighted by Crippen LogP contribution is 2.47. The summed E-state index contributed by atoms with van der Waals surface area (Å²) >= 11 is 0. The Bertz CT molecular complexity index is 379. The van der Waals surface area contributed by atoms with Crippen molar-refractivity contribution < 1.29 is 0 Å². The van der Waals surface area contributed by atoms with Crippen molar-refractivity contribution in [3.63, 3.8) is 0 Å². The molecule has 0 aromatic heterocycles. The van der Waals surface area contributed by atoms with Crippen molar-refractivity contribution in [1.29, 1.82) is 0 Å². The van der Waals surface area contributed by atoms with E-state index in [9.17, 15) is 0 Å². The van der Waals surface area contributed by atoms with Crippen LogP contribution in [0.3, 0.4) is 0 Å². The van der Waals surface area contributed by atoms with Gasteiger partial charge in [-0.2, -0.15) is 0 Å². The average Bonchev–Trinajstić information content (AvgIpc) is 3.06. The maximum Gasteiger partial charge on any atom is 0.00109 e. The highest BCUT2D eigenvalue weighted by atomic mass is 14.9. The first kappa shape index (κ1) is 13.6. The van der Waals surface area contributed by atoms with Crippen LogP contribution in [0.4, 0.5) is 0 Å². The van der Waals surface area contributed by atoms with Gasteiger partial charge in [0.25, 0.3) is 0 Å². The SMILES string of the molecule is CCNCC1(Cc2ccc(C(C)(C)C)cc2)CC1. The lowest BCUT2D eigenvalue weighted by Crippen LogP contribution is -2.25. The molecule has 0 amide bonds. The first-order valence-electron chi connectivity index (χ1n) is 7.25. The molecular weight excluding hydrogens is 218 g/mol. The van der Waals surface area contributed by atoms with Crippen molar-refractivity contribution in [1.82, 2.24) is 5.32 Å². The Kier molecular flexibility index (Phi) is 3.82. The van der Waals surface area contributed by atoms with Crippen molar-refractivity contribution in [2.24, 2.45) is 5.41 Å². The summed E-state index contributed by atoms with van der Waals surface area (Å²) in [6.45, 7) is 11.3. The topological polar surface area (TPSA) is 12.0 Å². The van der Waals surface area contributed by atoms with Gasteiger partial charge < -0.3 is 5.32 Å². The van der Waals surface area contributed by atoms with Gasteiger partial charge in [0.1, 0.15) is 0 Å². The molecule has 1 saturated carbocycles. The Hall–Kier alpha value is -0.820. The van der Waals surface area contributed by atoms with Gasteiger partial charge in [-0.15, -0.1) is 0 Å². The van der Waals surface area contributed by atoms with E-state index in [1.807, 2.05) is 0 Å². The summed E-state index contributed by atoms with van der Waals surface area (Å²) in [5, 5.41) is 3.51. The summed E-state index contributed by atoms with van der Waals surface area (Å²) in [6, 6.07) is 9.26. The number of benzene rings is 1. The second-order valence-electron chi connectivity index (χ2n) is 6.90. The fraction of sp³-hybridized carbons (Fsp3) is 0.647. The van der Waals surface area contributed by atoms with Crippen LogP contribution in [0.2, 0.25) is 0 Å². The predicted octanol–water partition coefficient (Wildman–Crippen LogP) is 3.92. The first-order chi connectivity index (χ1) is 8.45. The second kappa shape index (κ2) is 5.05. The molecule has 0 bridgehead atoms. The fourth-order valence-corrected chi connectivity index (χ4v) is 2.54. The van der Waals surface area contributed by atoms with E-state index >= 15 is 0 Å². The predicted molar refractivity (Wildman–Crippen MR) is 79.1 cm³/mol. The summed E-state index contributed by atoms with van der Waals surface area (Å²) in [5.74, 6) is 0. The minimum atomic E-state index is 0.263. The average molecular weight is 245 g/mol. The molecule has 100 valence electrons. The molecule has 0 unspecified atom stereocenters. The van der Waals surface area contributed by atoms with E-state index in [1.165, 1.54) is 36.9 Å². The normalized spacial score (nSPS) is 17.8. The Morgan fingerprint density at radius 3 is 2.17 bits per heavy atom. The van der Waals surface area contributed by atoms with Crippen LogP contribution >= 0.6 is 0 Å². The van der Waals surface area contributed by atoms with Crippen LogP contribution < -0.4 is 5.32 Å². The van der Waals surface area contributed by atoms with Gasteiger partial charge >= 0.3 is 0 Å². The Morgan fingerprint density at radius 2 is 1.72 bits per heavy atom. The number of hydrogen-bond acceptors (Lipinski definition) is 1. The van der Waals surface area contributed by atoms with Crippen LogP contribution in [-0.2, 0) is 11.8 Å². The molecule has 1 nitrogen and oxygen atoms in total. The molecule has 0 spiro atoms. The highest BCUT2D eigenvalue weighted by Gasteiger charge is 2.41. The third kappa shape index (κ3) is 3.35. The van der Waals surface area contributed by atoms with Gasteiger partial charge in [-0.25, -0.2) is 0 Å². The molecule has 0 aliphatic heterocycles. The minimum Gasteiger partial charge on any atom is -0.316 e. The number of hydrogen-bond donors (Lipinski definition) is 1. The number of rotatable bonds is 5. The highest BCUT2D eigenvalue weighted by molar-refractivity contribution is 5.28. The van der Waals surface area contributed by atoms with Gasteiger partial charge in [0.05, 0.1) is 0 Å². The summed E-state index contributed by atoms with van der Waals surface area (Å²) in [7, 11) is 0. The van der Waals surface area contributed by atoms with Crippen LogP contribution in [0.5, 0.6) is 0 Å². The minimum absolute atomic E-state index is 0.263. The molecule has 1 N–H and O–H groups in total. The summed E-state index contributed by atoms with van der Waals surface area (Å²) in [5.41, 5.74) is 3.76. The van der Waals surface area contributed by atoms with Gasteiger partial charge in [-0.05, 0) is 47.8 Å². The van der Waals surface area contributed by atoms with Gasteiger partial charge in [0.15, 0.2) is 0 Å². The molecule has 1 aliphatic rings. The Balaban J connectivity index is 1.99. The molecule has 1 aromatic rings. The van der Waals surface area contributed by atoms with E-state index in [2.05, 4.69) is 57.3 Å². The molecule has 0 heterocycles. The van der Waals surface area contributed by atoms with Crippen LogP contribution in [0.25, 0.3) is 0 Å². The van der Waals surface area contributed by atoms with Crippen molar-refractivity contribution in [2.45, 2.75) is 52.4 Å². The molecule has 0 radical (unpaired) electrons. The van der Waals surface area contributed by atoms with Crippen LogP contribution in [0.1, 0.15) is 51.7 Å². The molecule has 1 heteroatoms. The van der Waals surface area contributed by atoms with Crippen molar-refractivity contribution in [2.75, 3.05) is 13.1 Å². The van der Waals surface area contributed by atoms with Gasteiger partial charge in [0.2, 0.25) is 0 Å². The monoisotopic (exact) mass is 245 g/mol. The molecular formula is C17H27N. The molecule has 1 aliphatic carbocycles. The third-order valence-corrected chi connectivity index (χ3v) is 4.11. The first-order valence-corrected chi connectivity index (χ1v) is 7.25. The van der Waals surface area contributed by atoms with E-state index in [0.29, 0.717) is 5.41 Å². The lowest BCUT2D eigenvalue weighted by molar-refractivity contribution is 0.463. The van der Waals surface area contributed by atoms with Crippen LogP contribution in [0, 0.1) is 5.41 Å². The summed E-state index contributed by atoms with van der Waals surface area (Å²) < 4.78 is 0. The summed E-state index contributed by atoms with van der Waals surface area (Å²) in [4.78, 5) is 0. The Morgan fingerprint density at radius 1 is 1.11 bits per heavy atom. The van der Waals surface area contributed by atoms with Gasteiger partial charge in [0, 0.05) is 6.54 Å². The molecule has 0 atom stereocenters. The smallest absolute Gasteiger partial charge is 0.00109 e. The van der Waals surface area contributed by atoms with E-state index in [-0.39, 0.29) is 5.41 Å². The Labute approximate surface area is 112 Å². The maximum atomic E-state index is 3.51. The lowest BCUT2D eigenvalue weighted by Gasteiger charge is -2.20. The maximum absolute atomic E-state index is 3.51. The molecule has 0 saturated heterocycles. The zero-order valence-corrected chi connectivity index (χ0v) is 12.3. The standard InChI is InChI=1S/C17H27N/c1-5-18-13-17(10-11-17)12-14-6-8-15(9-7-14)16(2,3)4/h6-9,18H,5,10-13H2,1-4H3. The largest absolute Gasteiger partial charge is 0.316 e. The van der Waals surface area contributed by atoms with Crippen LogP contribution in [-0.4, -0.2) is 13.1 Å². The van der Waals surface area contributed by atoms with E-state index in [4.69, 9.17) is 0 Å².